The third-order valence-corrected chi connectivity index (χ3v) is 3.62. The average Bonchev–Trinajstić information content (AvgIpc) is 2.84. The van der Waals surface area contributed by atoms with E-state index in [-0.39, 0.29) is 6.47 Å². The van der Waals surface area contributed by atoms with Gasteiger partial charge in [0.25, 0.3) is 6.47 Å². The number of fused-ring (bicyclic) bond motifs is 1. The van der Waals surface area contributed by atoms with Gasteiger partial charge in [-0.3, -0.25) is 14.5 Å². The first-order chi connectivity index (χ1) is 11.2. The first kappa shape index (κ1) is 20.0. The monoisotopic (exact) mass is 346 g/mol. The van der Waals surface area contributed by atoms with Crippen LogP contribution in [0.5, 0.6) is 0 Å². The maximum absolute atomic E-state index is 12.1. The van der Waals surface area contributed by atoms with Crippen molar-refractivity contribution in [2.75, 3.05) is 14.1 Å². The molecule has 1 N–H and O–H groups in total. The van der Waals surface area contributed by atoms with Gasteiger partial charge in [0.15, 0.2) is 0 Å². The zero-order valence-corrected chi connectivity index (χ0v) is 13.6. The molecule has 24 heavy (non-hydrogen) atoms. The second kappa shape index (κ2) is 8.68. The van der Waals surface area contributed by atoms with Crippen molar-refractivity contribution in [2.45, 2.75) is 38.7 Å². The van der Waals surface area contributed by atoms with Gasteiger partial charge in [-0.15, -0.1) is 0 Å². The summed E-state index contributed by atoms with van der Waals surface area (Å²) < 4.78 is 36.4. The van der Waals surface area contributed by atoms with Crippen LogP contribution in [0, 0.1) is 0 Å². The Kier molecular flexibility index (Phi) is 7.21. The predicted octanol–water partition coefficient (Wildman–Crippen LogP) is 2.63. The van der Waals surface area contributed by atoms with Gasteiger partial charge in [0, 0.05) is 33.1 Å². The molecule has 134 valence electrons. The molecule has 1 aromatic carbocycles. The van der Waals surface area contributed by atoms with Crippen molar-refractivity contribution in [1.82, 2.24) is 9.80 Å². The third-order valence-electron chi connectivity index (χ3n) is 3.62. The molecule has 5 nitrogen and oxygen atoms in total. The number of carbonyl (C=O) groups excluding carboxylic acids is 1. The van der Waals surface area contributed by atoms with Crippen LogP contribution in [0.4, 0.5) is 13.2 Å². The summed E-state index contributed by atoms with van der Waals surface area (Å²) in [7, 11) is 3.57. The molecule has 1 aliphatic heterocycles. The molecular formula is C16H21F3N2O3. The van der Waals surface area contributed by atoms with Crippen molar-refractivity contribution >= 4 is 12.4 Å². The Morgan fingerprint density at radius 1 is 1.33 bits per heavy atom. The van der Waals surface area contributed by atoms with Crippen molar-refractivity contribution in [3.05, 3.63) is 34.9 Å². The molecule has 0 saturated heterocycles. The highest BCUT2D eigenvalue weighted by Crippen LogP contribution is 2.24. The predicted molar refractivity (Wildman–Crippen MR) is 82.1 cm³/mol. The van der Waals surface area contributed by atoms with E-state index in [4.69, 9.17) is 9.90 Å². The van der Waals surface area contributed by atoms with Gasteiger partial charge in [-0.05, 0) is 23.7 Å². The highest BCUT2D eigenvalue weighted by Gasteiger charge is 2.28. The van der Waals surface area contributed by atoms with E-state index in [0.717, 1.165) is 18.7 Å². The lowest BCUT2D eigenvalue weighted by molar-refractivity contribution is -0.148. The maximum Gasteiger partial charge on any atom is 0.389 e. The molecular weight excluding hydrogens is 325 g/mol. The van der Waals surface area contributed by atoms with Crippen LogP contribution in [0.2, 0.25) is 0 Å². The number of alkyl halides is 3. The van der Waals surface area contributed by atoms with Gasteiger partial charge in [0.1, 0.15) is 0 Å². The molecule has 0 unspecified atom stereocenters. The molecule has 8 heteroatoms. The van der Waals surface area contributed by atoms with E-state index in [1.165, 1.54) is 23.1 Å². The molecule has 1 heterocycles. The summed E-state index contributed by atoms with van der Waals surface area (Å²) in [5, 5.41) is 6.89. The van der Waals surface area contributed by atoms with Crippen molar-refractivity contribution in [2.24, 2.45) is 0 Å². The van der Waals surface area contributed by atoms with Crippen LogP contribution in [-0.2, 0) is 29.2 Å². The molecule has 0 saturated carbocycles. The normalized spacial score (nSPS) is 13.7. The number of hydrogen-bond acceptors (Lipinski definition) is 3. The first-order valence-corrected chi connectivity index (χ1v) is 7.34. The number of rotatable bonds is 4. The molecule has 0 aliphatic carbocycles. The van der Waals surface area contributed by atoms with Gasteiger partial charge in [0.05, 0.1) is 6.42 Å². The maximum atomic E-state index is 12.1. The quantitative estimate of drug-likeness (QED) is 0.852. The summed E-state index contributed by atoms with van der Waals surface area (Å²) in [5.74, 6) is -0.482. The number of amides is 1. The molecule has 0 aromatic heterocycles. The second-order valence-corrected chi connectivity index (χ2v) is 5.75. The van der Waals surface area contributed by atoms with E-state index in [1.807, 2.05) is 25.2 Å². The number of benzene rings is 1. The largest absolute Gasteiger partial charge is 0.483 e. The molecule has 1 aromatic rings. The Morgan fingerprint density at radius 3 is 2.50 bits per heavy atom. The third kappa shape index (κ3) is 6.57. The van der Waals surface area contributed by atoms with E-state index in [9.17, 15) is 18.0 Å². The van der Waals surface area contributed by atoms with Crippen LogP contribution in [0.1, 0.15) is 29.5 Å². The van der Waals surface area contributed by atoms with Gasteiger partial charge in [0.2, 0.25) is 5.91 Å². The Labute approximate surface area is 138 Å². The summed E-state index contributed by atoms with van der Waals surface area (Å²) in [6.07, 6.45) is -5.84. The minimum atomic E-state index is -4.28. The molecule has 0 radical (unpaired) electrons. The van der Waals surface area contributed by atoms with Crippen LogP contribution >= 0.6 is 0 Å². The van der Waals surface area contributed by atoms with E-state index >= 15 is 0 Å². The molecule has 0 bridgehead atoms. The smallest absolute Gasteiger partial charge is 0.389 e. The summed E-state index contributed by atoms with van der Waals surface area (Å²) in [4.78, 5) is 23.6. The second-order valence-electron chi connectivity index (χ2n) is 5.75. The molecule has 1 amide bonds. The molecule has 2 rings (SSSR count). The zero-order valence-electron chi connectivity index (χ0n) is 13.6. The summed E-state index contributed by atoms with van der Waals surface area (Å²) >= 11 is 0. The van der Waals surface area contributed by atoms with E-state index in [0.29, 0.717) is 6.54 Å². The Balaban J connectivity index is 0.000000891. The van der Waals surface area contributed by atoms with Gasteiger partial charge in [-0.2, -0.15) is 13.2 Å². The van der Waals surface area contributed by atoms with Gasteiger partial charge in [-0.1, -0.05) is 18.2 Å². The molecule has 0 atom stereocenters. The fraction of sp³-hybridized carbons (Fsp3) is 0.500. The van der Waals surface area contributed by atoms with E-state index in [2.05, 4.69) is 4.90 Å². The summed E-state index contributed by atoms with van der Waals surface area (Å²) in [5.41, 5.74) is 3.45. The zero-order chi connectivity index (χ0) is 18.3. The van der Waals surface area contributed by atoms with E-state index in [1.54, 1.807) is 0 Å². The Hall–Kier alpha value is -2.09. The standard InChI is InChI=1S/C15H19F3N2O.CH2O2/c1-19-9-12-4-3-11(7-13(12)10-19)8-20(2)14(21)5-6-15(16,17)18;2-1-3/h3-4,7H,5-6,8-10H2,1-2H3;1H,(H,2,3). The molecule has 0 spiro atoms. The number of nitrogens with zero attached hydrogens (tertiary/aromatic N) is 2. The highest BCUT2D eigenvalue weighted by molar-refractivity contribution is 5.75. The van der Waals surface area contributed by atoms with Crippen LogP contribution in [0.25, 0.3) is 0 Å². The highest BCUT2D eigenvalue weighted by atomic mass is 19.4. The van der Waals surface area contributed by atoms with Gasteiger partial charge < -0.3 is 10.0 Å². The Morgan fingerprint density at radius 2 is 1.92 bits per heavy atom. The SMILES string of the molecule is CN1Cc2ccc(CN(C)C(=O)CCC(F)(F)F)cc2C1.O=CO. The first-order valence-electron chi connectivity index (χ1n) is 7.34. The fourth-order valence-corrected chi connectivity index (χ4v) is 2.52. The summed E-state index contributed by atoms with van der Waals surface area (Å²) in [6, 6.07) is 6.00. The number of halogens is 3. The van der Waals surface area contributed by atoms with Crippen LogP contribution in [0.15, 0.2) is 18.2 Å². The van der Waals surface area contributed by atoms with Gasteiger partial charge >= 0.3 is 6.18 Å². The molecule has 0 fully saturated rings. The average molecular weight is 346 g/mol. The Bertz CT molecular complexity index is 576. The lowest BCUT2D eigenvalue weighted by Crippen LogP contribution is -2.27. The molecule has 1 aliphatic rings. The fourth-order valence-electron chi connectivity index (χ4n) is 2.52. The van der Waals surface area contributed by atoms with Crippen molar-refractivity contribution in [3.63, 3.8) is 0 Å². The lowest BCUT2D eigenvalue weighted by Gasteiger charge is -2.18. The van der Waals surface area contributed by atoms with Crippen molar-refractivity contribution in [1.29, 1.82) is 0 Å². The minimum Gasteiger partial charge on any atom is -0.483 e. The van der Waals surface area contributed by atoms with Crippen molar-refractivity contribution < 1.29 is 27.9 Å². The minimum absolute atomic E-state index is 0.250. The number of carbonyl (C=O) groups is 2. The van der Waals surface area contributed by atoms with Crippen LogP contribution < -0.4 is 0 Å². The van der Waals surface area contributed by atoms with Crippen molar-refractivity contribution in [3.8, 4) is 0 Å². The lowest BCUT2D eigenvalue weighted by atomic mass is 10.1. The van der Waals surface area contributed by atoms with Gasteiger partial charge in [-0.25, -0.2) is 0 Å². The van der Waals surface area contributed by atoms with E-state index < -0.39 is 24.9 Å². The number of carboxylic acid groups (broad SMARTS) is 1. The van der Waals surface area contributed by atoms with Crippen LogP contribution in [0.3, 0.4) is 0 Å². The number of hydrogen-bond donors (Lipinski definition) is 1. The summed E-state index contributed by atoms with van der Waals surface area (Å²) in [6.45, 7) is 1.87. The van der Waals surface area contributed by atoms with Crippen LogP contribution in [-0.4, -0.2) is 47.6 Å². The topological polar surface area (TPSA) is 60.9 Å².